The molecule has 0 unspecified atom stereocenters. The van der Waals surface area contributed by atoms with E-state index in [1.807, 2.05) is 24.1 Å². The predicted octanol–water partition coefficient (Wildman–Crippen LogP) is 2.15. The van der Waals surface area contributed by atoms with Crippen molar-refractivity contribution in [2.24, 2.45) is 13.0 Å². The van der Waals surface area contributed by atoms with Crippen LogP contribution in [0, 0.1) is 5.92 Å². The number of pyridine rings is 1. The van der Waals surface area contributed by atoms with Gasteiger partial charge in [-0.25, -0.2) is 0 Å². The third-order valence-electron chi connectivity index (χ3n) is 5.40. The van der Waals surface area contributed by atoms with Gasteiger partial charge in [-0.1, -0.05) is 26.0 Å². The second-order valence-corrected chi connectivity index (χ2v) is 7.80. The molecular formula is C20H29N3O2. The van der Waals surface area contributed by atoms with Gasteiger partial charge in [-0.15, -0.1) is 0 Å². The molecular weight excluding hydrogens is 314 g/mol. The molecule has 0 N–H and O–H groups in total. The highest BCUT2D eigenvalue weighted by Crippen LogP contribution is 2.24. The second-order valence-electron chi connectivity index (χ2n) is 7.80. The summed E-state index contributed by atoms with van der Waals surface area (Å²) >= 11 is 0. The lowest BCUT2D eigenvalue weighted by molar-refractivity contribution is 0.0632. The van der Waals surface area contributed by atoms with Crippen LogP contribution in [-0.4, -0.2) is 53.0 Å². The van der Waals surface area contributed by atoms with Crippen LogP contribution in [0.5, 0.6) is 0 Å². The zero-order valence-corrected chi connectivity index (χ0v) is 15.8. The number of nitrogens with zero attached hydrogens (tertiary/aromatic N) is 3. The van der Waals surface area contributed by atoms with Crippen molar-refractivity contribution in [1.29, 1.82) is 0 Å². The van der Waals surface area contributed by atoms with Gasteiger partial charge in [-0.05, 0) is 30.7 Å². The van der Waals surface area contributed by atoms with Crippen LogP contribution in [0.4, 0.5) is 0 Å². The van der Waals surface area contributed by atoms with Crippen LogP contribution < -0.4 is 5.56 Å². The summed E-state index contributed by atoms with van der Waals surface area (Å²) < 4.78 is 1.54. The molecule has 0 saturated carbocycles. The summed E-state index contributed by atoms with van der Waals surface area (Å²) in [7, 11) is 3.63. The maximum atomic E-state index is 13.1. The first-order chi connectivity index (χ1) is 11.9. The van der Waals surface area contributed by atoms with Crippen LogP contribution in [0.3, 0.4) is 0 Å². The van der Waals surface area contributed by atoms with E-state index in [1.165, 1.54) is 4.57 Å². The van der Waals surface area contributed by atoms with Gasteiger partial charge in [-0.3, -0.25) is 9.59 Å². The molecule has 25 heavy (non-hydrogen) atoms. The Morgan fingerprint density at radius 2 is 2.00 bits per heavy atom. The van der Waals surface area contributed by atoms with Crippen LogP contribution in [0.15, 0.2) is 17.1 Å². The lowest BCUT2D eigenvalue weighted by atomic mass is 10.00. The fourth-order valence-corrected chi connectivity index (χ4v) is 4.03. The molecule has 136 valence electrons. The van der Waals surface area contributed by atoms with Gasteiger partial charge in [0.2, 0.25) is 0 Å². The van der Waals surface area contributed by atoms with E-state index < -0.39 is 0 Å². The Bertz CT molecular complexity index is 740. The molecule has 3 rings (SSSR count). The van der Waals surface area contributed by atoms with E-state index in [0.29, 0.717) is 17.9 Å². The van der Waals surface area contributed by atoms with Gasteiger partial charge in [-0.2, -0.15) is 0 Å². The van der Waals surface area contributed by atoms with Crippen LogP contribution in [0.2, 0.25) is 0 Å². The Balaban J connectivity index is 1.74. The monoisotopic (exact) mass is 343 g/mol. The summed E-state index contributed by atoms with van der Waals surface area (Å²) in [5.41, 5.74) is 2.21. The molecule has 5 heteroatoms. The first kappa shape index (κ1) is 17.9. The van der Waals surface area contributed by atoms with E-state index >= 15 is 0 Å². The number of likely N-dealkylation sites (tertiary alicyclic amines) is 1. The largest absolute Gasteiger partial charge is 0.339 e. The molecule has 1 amide bonds. The standard InChI is InChI=1S/C20H29N3O2/c1-14(2)12-23-10-8-15(9-11-23)22(4)20(25)18-13-21(3)19(24)17-7-5-6-16(17)18/h5-6,13-15H,7-12H2,1-4H3. The summed E-state index contributed by atoms with van der Waals surface area (Å²) in [5, 5.41) is 0. The third-order valence-corrected chi connectivity index (χ3v) is 5.40. The van der Waals surface area contributed by atoms with Gasteiger partial charge in [0.1, 0.15) is 0 Å². The van der Waals surface area contributed by atoms with Crippen molar-refractivity contribution in [3.63, 3.8) is 0 Å². The first-order valence-corrected chi connectivity index (χ1v) is 9.27. The van der Waals surface area contributed by atoms with Gasteiger partial charge < -0.3 is 14.4 Å². The fourth-order valence-electron chi connectivity index (χ4n) is 4.03. The number of allylic oxidation sites excluding steroid dienone is 1. The number of hydrogen-bond acceptors (Lipinski definition) is 3. The molecule has 2 aliphatic rings. The molecule has 2 heterocycles. The number of amides is 1. The van der Waals surface area contributed by atoms with Crippen molar-refractivity contribution in [2.45, 2.75) is 39.2 Å². The average Bonchev–Trinajstić information content (AvgIpc) is 3.07. The molecule has 1 fully saturated rings. The van der Waals surface area contributed by atoms with Crippen molar-refractivity contribution in [2.75, 3.05) is 26.7 Å². The molecule has 5 nitrogen and oxygen atoms in total. The van der Waals surface area contributed by atoms with E-state index in [0.717, 1.165) is 43.6 Å². The first-order valence-electron chi connectivity index (χ1n) is 9.27. The highest BCUT2D eigenvalue weighted by Gasteiger charge is 2.28. The lowest BCUT2D eigenvalue weighted by Gasteiger charge is -2.37. The smallest absolute Gasteiger partial charge is 0.255 e. The second kappa shape index (κ2) is 7.16. The minimum Gasteiger partial charge on any atom is -0.339 e. The Kier molecular flexibility index (Phi) is 5.13. The summed E-state index contributed by atoms with van der Waals surface area (Å²) in [6.45, 7) is 7.71. The SMILES string of the molecule is CC(C)CN1CCC(N(C)C(=O)c2cn(C)c(=O)c3c2C=CC3)CC1. The maximum absolute atomic E-state index is 13.1. The van der Waals surface area contributed by atoms with Gasteiger partial charge >= 0.3 is 0 Å². The number of fused-ring (bicyclic) bond motifs is 1. The average molecular weight is 343 g/mol. The van der Waals surface area contributed by atoms with Gasteiger partial charge in [0, 0.05) is 51.5 Å². The van der Waals surface area contributed by atoms with Crippen molar-refractivity contribution < 1.29 is 4.79 Å². The fraction of sp³-hybridized carbons (Fsp3) is 0.600. The molecule has 0 bridgehead atoms. The molecule has 1 aliphatic carbocycles. The van der Waals surface area contributed by atoms with Crippen LogP contribution in [-0.2, 0) is 13.5 Å². The van der Waals surface area contributed by atoms with Gasteiger partial charge in [0.25, 0.3) is 11.5 Å². The van der Waals surface area contributed by atoms with Crippen molar-refractivity contribution in [3.8, 4) is 0 Å². The van der Waals surface area contributed by atoms with Gasteiger partial charge in [0.15, 0.2) is 0 Å². The van der Waals surface area contributed by atoms with Crippen LogP contribution in [0.25, 0.3) is 6.08 Å². The molecule has 0 aromatic carbocycles. The van der Waals surface area contributed by atoms with E-state index in [4.69, 9.17) is 0 Å². The number of carbonyl (C=O) groups is 1. The molecule has 1 aliphatic heterocycles. The van der Waals surface area contributed by atoms with Crippen molar-refractivity contribution in [3.05, 3.63) is 39.3 Å². The van der Waals surface area contributed by atoms with Crippen LogP contribution in [0.1, 0.15) is 48.2 Å². The number of carbonyl (C=O) groups excluding carboxylic acids is 1. The third kappa shape index (κ3) is 3.56. The van der Waals surface area contributed by atoms with Crippen molar-refractivity contribution >= 4 is 12.0 Å². The topological polar surface area (TPSA) is 45.5 Å². The minimum absolute atomic E-state index is 0.00111. The summed E-state index contributed by atoms with van der Waals surface area (Å²) in [4.78, 5) is 29.7. The van der Waals surface area contributed by atoms with E-state index in [2.05, 4.69) is 18.7 Å². The van der Waals surface area contributed by atoms with E-state index in [1.54, 1.807) is 13.2 Å². The maximum Gasteiger partial charge on any atom is 0.255 e. The van der Waals surface area contributed by atoms with Gasteiger partial charge in [0.05, 0.1) is 5.56 Å². The Hall–Kier alpha value is -1.88. The van der Waals surface area contributed by atoms with Crippen LogP contribution >= 0.6 is 0 Å². The molecule has 1 aromatic heterocycles. The molecule has 0 spiro atoms. The Morgan fingerprint density at radius 1 is 1.32 bits per heavy atom. The highest BCUT2D eigenvalue weighted by molar-refractivity contribution is 5.98. The quantitative estimate of drug-likeness (QED) is 0.841. The number of piperidine rings is 1. The number of aryl methyl sites for hydroxylation is 1. The zero-order chi connectivity index (χ0) is 18.1. The highest BCUT2D eigenvalue weighted by atomic mass is 16.2. The number of rotatable bonds is 4. The normalized spacial score (nSPS) is 18.0. The zero-order valence-electron chi connectivity index (χ0n) is 15.8. The number of aromatic nitrogens is 1. The Labute approximate surface area is 149 Å². The Morgan fingerprint density at radius 3 is 2.64 bits per heavy atom. The summed E-state index contributed by atoms with van der Waals surface area (Å²) in [5.74, 6) is 0.705. The molecule has 0 radical (unpaired) electrons. The summed E-state index contributed by atoms with van der Waals surface area (Å²) in [6, 6.07) is 0.272. The van der Waals surface area contributed by atoms with E-state index in [9.17, 15) is 9.59 Å². The van der Waals surface area contributed by atoms with E-state index in [-0.39, 0.29) is 17.5 Å². The lowest BCUT2D eigenvalue weighted by Crippen LogP contribution is -2.46. The minimum atomic E-state index is 0.00111. The van der Waals surface area contributed by atoms with Crippen molar-refractivity contribution in [1.82, 2.24) is 14.4 Å². The molecule has 0 atom stereocenters. The molecule has 1 saturated heterocycles. The molecule has 1 aromatic rings. The number of hydrogen-bond donors (Lipinski definition) is 0. The summed E-state index contributed by atoms with van der Waals surface area (Å²) in [6.07, 6.45) is 8.23. The predicted molar refractivity (Wildman–Crippen MR) is 101 cm³/mol.